The van der Waals surface area contributed by atoms with E-state index < -0.39 is 0 Å². The lowest BCUT2D eigenvalue weighted by Crippen LogP contribution is -1.97. The number of para-hydroxylation sites is 1. The number of furan rings is 1. The van der Waals surface area contributed by atoms with E-state index in [2.05, 4.69) is 157 Å². The number of aromatic nitrogens is 3. The van der Waals surface area contributed by atoms with Crippen LogP contribution in [0.1, 0.15) is 0 Å². The summed E-state index contributed by atoms with van der Waals surface area (Å²) in [6.45, 7) is 0. The van der Waals surface area contributed by atoms with Crippen molar-refractivity contribution in [2.45, 2.75) is 0 Å². The molecule has 0 bridgehead atoms. The Bertz CT molecular complexity index is 2970. The van der Waals surface area contributed by atoms with E-state index in [9.17, 15) is 0 Å². The van der Waals surface area contributed by atoms with Crippen molar-refractivity contribution in [1.29, 1.82) is 0 Å². The van der Waals surface area contributed by atoms with Gasteiger partial charge in [0.25, 0.3) is 0 Å². The van der Waals surface area contributed by atoms with Gasteiger partial charge < -0.3 is 4.42 Å². The lowest BCUT2D eigenvalue weighted by Gasteiger charge is -2.15. The van der Waals surface area contributed by atoms with Crippen LogP contribution in [0.4, 0.5) is 0 Å². The lowest BCUT2D eigenvalue weighted by molar-refractivity contribution is 0.669. The fourth-order valence-corrected chi connectivity index (χ4v) is 7.45. The van der Waals surface area contributed by atoms with Gasteiger partial charge in [-0.05, 0) is 93.5 Å². The Balaban J connectivity index is 1.20. The normalized spacial score (nSPS) is 11.3. The van der Waals surface area contributed by atoms with Crippen molar-refractivity contribution in [2.75, 3.05) is 0 Å². The number of hydrogen-bond donors (Lipinski definition) is 0. The highest BCUT2D eigenvalue weighted by Crippen LogP contribution is 2.39. The minimum atomic E-state index is 0.665. The summed E-state index contributed by atoms with van der Waals surface area (Å²) in [6, 6.07) is 65.6. The number of fused-ring (bicyclic) bond motifs is 3. The molecule has 258 valence electrons. The lowest BCUT2D eigenvalue weighted by atomic mass is 9.92. The molecule has 0 aliphatic rings. The third kappa shape index (κ3) is 6.26. The molecule has 0 aliphatic heterocycles. The van der Waals surface area contributed by atoms with E-state index in [1.165, 1.54) is 11.1 Å². The molecule has 3 heterocycles. The second-order valence-electron chi connectivity index (χ2n) is 13.7. The van der Waals surface area contributed by atoms with Crippen molar-refractivity contribution < 1.29 is 4.42 Å². The Labute approximate surface area is 319 Å². The van der Waals surface area contributed by atoms with Crippen molar-refractivity contribution in [3.05, 3.63) is 200 Å². The van der Waals surface area contributed by atoms with Crippen LogP contribution in [0.2, 0.25) is 0 Å². The number of nitrogens with zero attached hydrogens (tertiary/aromatic N) is 3. The minimum Gasteiger partial charge on any atom is -0.456 e. The van der Waals surface area contributed by atoms with Crippen molar-refractivity contribution >= 4 is 21.9 Å². The minimum absolute atomic E-state index is 0.665. The smallest absolute Gasteiger partial charge is 0.160 e. The van der Waals surface area contributed by atoms with Gasteiger partial charge in [-0.15, -0.1) is 0 Å². The first-order chi connectivity index (χ1) is 27.2. The molecule has 0 N–H and O–H groups in total. The average Bonchev–Trinajstić information content (AvgIpc) is 3.65. The summed E-state index contributed by atoms with van der Waals surface area (Å²) < 4.78 is 6.22. The van der Waals surface area contributed by atoms with E-state index in [-0.39, 0.29) is 0 Å². The Morgan fingerprint density at radius 2 is 0.909 bits per heavy atom. The molecule has 10 aromatic rings. The molecule has 55 heavy (non-hydrogen) atoms. The number of hydrogen-bond acceptors (Lipinski definition) is 4. The largest absolute Gasteiger partial charge is 0.456 e. The Morgan fingerprint density at radius 1 is 0.327 bits per heavy atom. The first-order valence-electron chi connectivity index (χ1n) is 18.4. The van der Waals surface area contributed by atoms with Crippen LogP contribution in [0.25, 0.3) is 100 Å². The van der Waals surface area contributed by atoms with Crippen LogP contribution >= 0.6 is 0 Å². The van der Waals surface area contributed by atoms with E-state index in [0.29, 0.717) is 5.82 Å². The van der Waals surface area contributed by atoms with Gasteiger partial charge in [0.05, 0.1) is 11.4 Å². The van der Waals surface area contributed by atoms with Crippen molar-refractivity contribution in [1.82, 2.24) is 15.0 Å². The molecule has 10 rings (SSSR count). The highest BCUT2D eigenvalue weighted by molar-refractivity contribution is 6.06. The molecule has 4 nitrogen and oxygen atoms in total. The van der Waals surface area contributed by atoms with Crippen LogP contribution < -0.4 is 0 Å². The zero-order chi connectivity index (χ0) is 36.6. The number of pyridine rings is 1. The van der Waals surface area contributed by atoms with Gasteiger partial charge in [0, 0.05) is 45.4 Å². The van der Waals surface area contributed by atoms with E-state index in [1.807, 2.05) is 42.6 Å². The third-order valence-electron chi connectivity index (χ3n) is 10.2. The van der Waals surface area contributed by atoms with Crippen LogP contribution in [0.5, 0.6) is 0 Å². The van der Waals surface area contributed by atoms with Gasteiger partial charge in [-0.2, -0.15) is 0 Å². The Kier molecular flexibility index (Phi) is 8.12. The molecule has 7 aromatic carbocycles. The molecule has 0 unspecified atom stereocenters. The fourth-order valence-electron chi connectivity index (χ4n) is 7.45. The monoisotopic (exact) mass is 703 g/mol. The van der Waals surface area contributed by atoms with E-state index in [1.54, 1.807) is 6.20 Å². The highest BCUT2D eigenvalue weighted by Gasteiger charge is 2.17. The van der Waals surface area contributed by atoms with E-state index >= 15 is 0 Å². The van der Waals surface area contributed by atoms with Crippen LogP contribution in [0, 0.1) is 0 Å². The summed E-state index contributed by atoms with van der Waals surface area (Å²) in [5.41, 5.74) is 15.2. The molecule has 0 aliphatic carbocycles. The molecule has 0 saturated heterocycles. The summed E-state index contributed by atoms with van der Waals surface area (Å²) in [6.07, 6.45) is 3.70. The molecule has 0 radical (unpaired) electrons. The van der Waals surface area contributed by atoms with Crippen molar-refractivity contribution in [3.8, 4) is 78.4 Å². The average molecular weight is 704 g/mol. The first kappa shape index (κ1) is 32.2. The van der Waals surface area contributed by atoms with Gasteiger partial charge in [0.2, 0.25) is 0 Å². The molecular formula is C51H33N3O. The van der Waals surface area contributed by atoms with Gasteiger partial charge in [-0.1, -0.05) is 133 Å². The molecule has 0 saturated carbocycles. The van der Waals surface area contributed by atoms with Crippen LogP contribution in [-0.4, -0.2) is 15.0 Å². The maximum atomic E-state index is 6.22. The predicted molar refractivity (Wildman–Crippen MR) is 225 cm³/mol. The van der Waals surface area contributed by atoms with Gasteiger partial charge in [-0.25, -0.2) is 9.97 Å². The Hall–Kier alpha value is -7.43. The van der Waals surface area contributed by atoms with E-state index in [0.717, 1.165) is 83.4 Å². The fraction of sp³-hybridized carbons (Fsp3) is 0. The summed E-state index contributed by atoms with van der Waals surface area (Å²) in [4.78, 5) is 14.9. The maximum Gasteiger partial charge on any atom is 0.160 e. The summed E-state index contributed by atoms with van der Waals surface area (Å²) in [7, 11) is 0. The van der Waals surface area contributed by atoms with Gasteiger partial charge in [0.1, 0.15) is 11.2 Å². The second-order valence-corrected chi connectivity index (χ2v) is 13.7. The Morgan fingerprint density at radius 3 is 1.69 bits per heavy atom. The molecule has 3 aromatic heterocycles. The standard InChI is InChI=1S/C51H33N3O/c1-3-13-34(14-4-1)36-17-11-18-37(27-36)40-28-41(38-24-25-50-46(31-38)45-22-9-10-23-49(45)55-50)30-42(29-40)47-32-48(54-51(53-47)35-15-5-2-6-16-35)44-21-8-7-20-43(44)39-19-12-26-52-33-39/h1-33H. The second kappa shape index (κ2) is 13.8. The van der Waals surface area contributed by atoms with Crippen molar-refractivity contribution in [3.63, 3.8) is 0 Å². The first-order valence-corrected chi connectivity index (χ1v) is 18.4. The molecule has 0 amide bonds. The molecule has 0 atom stereocenters. The van der Waals surface area contributed by atoms with Crippen LogP contribution in [0.15, 0.2) is 205 Å². The molecular weight excluding hydrogens is 671 g/mol. The quantitative estimate of drug-likeness (QED) is 0.166. The number of benzene rings is 7. The summed E-state index contributed by atoms with van der Waals surface area (Å²) >= 11 is 0. The highest BCUT2D eigenvalue weighted by atomic mass is 16.3. The summed E-state index contributed by atoms with van der Waals surface area (Å²) in [5.74, 6) is 0.665. The van der Waals surface area contributed by atoms with E-state index in [4.69, 9.17) is 14.4 Å². The third-order valence-corrected chi connectivity index (χ3v) is 10.2. The zero-order valence-corrected chi connectivity index (χ0v) is 29.8. The van der Waals surface area contributed by atoms with Gasteiger partial charge >= 0.3 is 0 Å². The molecule has 0 fully saturated rings. The van der Waals surface area contributed by atoms with Crippen LogP contribution in [0.3, 0.4) is 0 Å². The van der Waals surface area contributed by atoms with Crippen LogP contribution in [-0.2, 0) is 0 Å². The van der Waals surface area contributed by atoms with Crippen molar-refractivity contribution in [2.24, 2.45) is 0 Å². The SMILES string of the molecule is c1ccc(-c2cccc(-c3cc(-c4ccc5oc6ccccc6c5c4)cc(-c4cc(-c5ccccc5-c5cccnc5)nc(-c5ccccc5)n4)c3)c2)cc1. The molecule has 0 spiro atoms. The zero-order valence-electron chi connectivity index (χ0n) is 29.8. The molecule has 4 heteroatoms. The number of rotatable bonds is 7. The van der Waals surface area contributed by atoms with Gasteiger partial charge in [0.15, 0.2) is 5.82 Å². The van der Waals surface area contributed by atoms with Gasteiger partial charge in [-0.3, -0.25) is 4.98 Å². The maximum absolute atomic E-state index is 6.22. The summed E-state index contributed by atoms with van der Waals surface area (Å²) in [5, 5.41) is 2.19. The predicted octanol–water partition coefficient (Wildman–Crippen LogP) is 13.4. The topological polar surface area (TPSA) is 51.8 Å².